The summed E-state index contributed by atoms with van der Waals surface area (Å²) in [7, 11) is 4.99. The van der Waals surface area contributed by atoms with Gasteiger partial charge >= 0.3 is 0 Å². The standard InChI is InChI=1S/C26H27ClN4O4S/c1-30(2)25(33)17-5-7-20(19(27)12-17)31(3)26(34)22-14-15-8-11-35-21-13-16(24(32)29-10-9-28)4-6-18(21)23(15)36-22/h4-7,12-14H,8-11,28H2,1-3H3,(H,29,32). The van der Waals surface area contributed by atoms with E-state index in [2.05, 4.69) is 5.32 Å². The third kappa shape index (κ3) is 5.09. The second-order valence-electron chi connectivity index (χ2n) is 8.55. The molecule has 0 atom stereocenters. The minimum atomic E-state index is -0.213. The molecular weight excluding hydrogens is 500 g/mol. The summed E-state index contributed by atoms with van der Waals surface area (Å²) in [4.78, 5) is 42.4. The van der Waals surface area contributed by atoms with E-state index in [4.69, 9.17) is 22.1 Å². The van der Waals surface area contributed by atoms with E-state index in [0.717, 1.165) is 16.0 Å². The molecule has 0 fully saturated rings. The number of anilines is 1. The summed E-state index contributed by atoms with van der Waals surface area (Å²) in [5, 5.41) is 3.07. The largest absolute Gasteiger partial charge is 0.493 e. The molecular formula is C26H27ClN4O4S. The van der Waals surface area contributed by atoms with Crippen molar-refractivity contribution in [3.8, 4) is 16.2 Å². The smallest absolute Gasteiger partial charge is 0.268 e. The monoisotopic (exact) mass is 526 g/mol. The highest BCUT2D eigenvalue weighted by Gasteiger charge is 2.25. The Balaban J connectivity index is 1.61. The van der Waals surface area contributed by atoms with Crippen LogP contribution in [-0.2, 0) is 6.42 Å². The van der Waals surface area contributed by atoms with E-state index in [1.54, 1.807) is 51.5 Å². The molecule has 3 aromatic rings. The first-order valence-electron chi connectivity index (χ1n) is 11.4. The molecule has 0 unspecified atom stereocenters. The SMILES string of the molecule is CN(C)C(=O)c1ccc(N(C)C(=O)c2cc3c(s2)-c2ccc(C(=O)NCCN)cc2OCC3)c(Cl)c1. The van der Waals surface area contributed by atoms with Gasteiger partial charge in [0.1, 0.15) is 5.75 Å². The van der Waals surface area contributed by atoms with Crippen molar-refractivity contribution < 1.29 is 19.1 Å². The van der Waals surface area contributed by atoms with Gasteiger partial charge in [0.15, 0.2) is 0 Å². The molecule has 1 aliphatic heterocycles. The van der Waals surface area contributed by atoms with Gasteiger partial charge in [-0.1, -0.05) is 11.6 Å². The Kier molecular flexibility index (Phi) is 7.63. The van der Waals surface area contributed by atoms with Crippen molar-refractivity contribution in [3.63, 3.8) is 0 Å². The Bertz CT molecular complexity index is 1340. The van der Waals surface area contributed by atoms with Crippen LogP contribution in [0.25, 0.3) is 10.4 Å². The molecule has 0 aliphatic carbocycles. The number of amides is 3. The quantitative estimate of drug-likeness (QED) is 0.510. The number of hydrogen-bond donors (Lipinski definition) is 2. The highest BCUT2D eigenvalue weighted by atomic mass is 35.5. The van der Waals surface area contributed by atoms with Gasteiger partial charge in [-0.05, 0) is 48.0 Å². The zero-order valence-corrected chi connectivity index (χ0v) is 21.8. The number of thiophene rings is 1. The van der Waals surface area contributed by atoms with E-state index in [-0.39, 0.29) is 17.7 Å². The van der Waals surface area contributed by atoms with Crippen molar-refractivity contribution >= 4 is 46.3 Å². The number of carbonyl (C=O) groups is 3. The highest BCUT2D eigenvalue weighted by Crippen LogP contribution is 2.42. The van der Waals surface area contributed by atoms with Gasteiger partial charge in [-0.2, -0.15) is 0 Å². The molecule has 188 valence electrons. The van der Waals surface area contributed by atoms with Crippen molar-refractivity contribution in [2.24, 2.45) is 5.73 Å². The number of fused-ring (bicyclic) bond motifs is 3. The molecule has 2 heterocycles. The van der Waals surface area contributed by atoms with Gasteiger partial charge in [0.2, 0.25) is 0 Å². The van der Waals surface area contributed by atoms with Crippen molar-refractivity contribution in [2.75, 3.05) is 45.7 Å². The first-order valence-corrected chi connectivity index (χ1v) is 12.6. The second kappa shape index (κ2) is 10.7. The third-order valence-corrected chi connectivity index (χ3v) is 7.34. The number of nitrogens with two attached hydrogens (primary N) is 1. The number of hydrogen-bond acceptors (Lipinski definition) is 6. The van der Waals surface area contributed by atoms with Gasteiger partial charge in [-0.25, -0.2) is 0 Å². The fourth-order valence-corrected chi connectivity index (χ4v) is 5.45. The molecule has 3 amide bonds. The summed E-state index contributed by atoms with van der Waals surface area (Å²) in [5.74, 6) is 0.0185. The maximum atomic E-state index is 13.4. The van der Waals surface area contributed by atoms with Gasteiger partial charge in [-0.3, -0.25) is 14.4 Å². The van der Waals surface area contributed by atoms with Crippen molar-refractivity contribution in [1.29, 1.82) is 0 Å². The van der Waals surface area contributed by atoms with Crippen LogP contribution in [0.2, 0.25) is 5.02 Å². The summed E-state index contributed by atoms with van der Waals surface area (Å²) in [6.07, 6.45) is 0.633. The lowest BCUT2D eigenvalue weighted by Gasteiger charge is -2.19. The first-order chi connectivity index (χ1) is 17.2. The molecule has 0 bridgehead atoms. The predicted octanol–water partition coefficient (Wildman–Crippen LogP) is 3.67. The van der Waals surface area contributed by atoms with Crippen LogP contribution in [0, 0.1) is 0 Å². The van der Waals surface area contributed by atoms with Crippen LogP contribution in [-0.4, -0.2) is 63.5 Å². The Morgan fingerprint density at radius 3 is 2.50 bits per heavy atom. The van der Waals surface area contributed by atoms with Gasteiger partial charge in [-0.15, -0.1) is 11.3 Å². The molecule has 0 saturated carbocycles. The van der Waals surface area contributed by atoms with E-state index in [1.807, 2.05) is 12.1 Å². The number of benzene rings is 2. The molecule has 1 aliphatic rings. The molecule has 1 aromatic heterocycles. The molecule has 2 aromatic carbocycles. The van der Waals surface area contributed by atoms with Crippen LogP contribution in [0.1, 0.15) is 36.0 Å². The zero-order chi connectivity index (χ0) is 26.0. The lowest BCUT2D eigenvalue weighted by Crippen LogP contribution is -2.28. The van der Waals surface area contributed by atoms with Crippen LogP contribution < -0.4 is 20.7 Å². The Hall–Kier alpha value is -3.40. The molecule has 0 spiro atoms. The van der Waals surface area contributed by atoms with E-state index in [9.17, 15) is 14.4 Å². The van der Waals surface area contributed by atoms with Crippen LogP contribution in [0.4, 0.5) is 5.69 Å². The van der Waals surface area contributed by atoms with Gasteiger partial charge in [0.05, 0.1) is 22.2 Å². The number of nitrogens with one attached hydrogen (secondary N) is 1. The fraction of sp³-hybridized carbons (Fsp3) is 0.269. The molecule has 0 saturated heterocycles. The third-order valence-electron chi connectivity index (χ3n) is 5.83. The summed E-state index contributed by atoms with van der Waals surface area (Å²) < 4.78 is 5.92. The maximum absolute atomic E-state index is 13.4. The molecule has 8 nitrogen and oxygen atoms in total. The second-order valence-corrected chi connectivity index (χ2v) is 10.0. The number of halogens is 1. The molecule has 4 rings (SSSR count). The Morgan fingerprint density at radius 1 is 1.06 bits per heavy atom. The maximum Gasteiger partial charge on any atom is 0.268 e. The predicted molar refractivity (Wildman–Crippen MR) is 143 cm³/mol. The molecule has 0 radical (unpaired) electrons. The number of carbonyl (C=O) groups excluding carboxylic acids is 3. The van der Waals surface area contributed by atoms with E-state index >= 15 is 0 Å². The average Bonchev–Trinajstić information content (AvgIpc) is 3.21. The topological polar surface area (TPSA) is 105 Å². The molecule has 3 N–H and O–H groups in total. The first kappa shape index (κ1) is 25.7. The van der Waals surface area contributed by atoms with Crippen molar-refractivity contribution in [2.45, 2.75) is 6.42 Å². The zero-order valence-electron chi connectivity index (χ0n) is 20.3. The van der Waals surface area contributed by atoms with E-state index in [0.29, 0.717) is 58.6 Å². The number of ether oxygens (including phenoxy) is 1. The number of rotatable bonds is 6. The van der Waals surface area contributed by atoms with Crippen LogP contribution in [0.5, 0.6) is 5.75 Å². The van der Waals surface area contributed by atoms with Gasteiger partial charge in [0.25, 0.3) is 17.7 Å². The van der Waals surface area contributed by atoms with Gasteiger partial charge in [0, 0.05) is 62.2 Å². The normalized spacial score (nSPS) is 12.0. The summed E-state index contributed by atoms with van der Waals surface area (Å²) in [6.45, 7) is 1.19. The summed E-state index contributed by atoms with van der Waals surface area (Å²) in [5.41, 5.74) is 8.77. The highest BCUT2D eigenvalue weighted by molar-refractivity contribution is 7.17. The van der Waals surface area contributed by atoms with Crippen LogP contribution in [0.3, 0.4) is 0 Å². The summed E-state index contributed by atoms with van der Waals surface area (Å²) in [6, 6.07) is 12.1. The minimum Gasteiger partial charge on any atom is -0.493 e. The fourth-order valence-electron chi connectivity index (χ4n) is 3.92. The van der Waals surface area contributed by atoms with Crippen molar-refractivity contribution in [3.05, 3.63) is 69.1 Å². The lowest BCUT2D eigenvalue weighted by atomic mass is 10.0. The minimum absolute atomic E-state index is 0.166. The number of nitrogens with zero attached hydrogens (tertiary/aromatic N) is 2. The van der Waals surface area contributed by atoms with E-state index in [1.165, 1.54) is 21.1 Å². The lowest BCUT2D eigenvalue weighted by molar-refractivity contribution is 0.0827. The van der Waals surface area contributed by atoms with E-state index < -0.39 is 0 Å². The summed E-state index contributed by atoms with van der Waals surface area (Å²) >= 11 is 7.83. The van der Waals surface area contributed by atoms with Gasteiger partial charge < -0.3 is 25.6 Å². The Labute approximate surface area is 218 Å². The Morgan fingerprint density at radius 2 is 1.81 bits per heavy atom. The average molecular weight is 527 g/mol. The molecule has 10 heteroatoms. The van der Waals surface area contributed by atoms with Crippen LogP contribution >= 0.6 is 22.9 Å². The molecule has 36 heavy (non-hydrogen) atoms. The van der Waals surface area contributed by atoms with Crippen molar-refractivity contribution in [1.82, 2.24) is 10.2 Å². The van der Waals surface area contributed by atoms with Crippen LogP contribution in [0.15, 0.2) is 42.5 Å².